The van der Waals surface area contributed by atoms with E-state index in [2.05, 4.69) is 5.32 Å². The predicted molar refractivity (Wildman–Crippen MR) is 99.5 cm³/mol. The highest BCUT2D eigenvalue weighted by Crippen LogP contribution is 2.35. The Morgan fingerprint density at radius 1 is 1.07 bits per heavy atom. The zero-order valence-corrected chi connectivity index (χ0v) is 15.3. The number of aryl methyl sites for hydroxylation is 1. The van der Waals surface area contributed by atoms with E-state index in [9.17, 15) is 23.1 Å². The van der Waals surface area contributed by atoms with Gasteiger partial charge in [-0.05, 0) is 49.7 Å². The van der Waals surface area contributed by atoms with Crippen molar-refractivity contribution in [1.82, 2.24) is 9.88 Å². The molecular weight excluding hydrogens is 369 g/mol. The van der Waals surface area contributed by atoms with Crippen molar-refractivity contribution in [2.24, 2.45) is 0 Å². The van der Waals surface area contributed by atoms with Crippen LogP contribution in [0.15, 0.2) is 54.6 Å². The Morgan fingerprint density at radius 2 is 1.79 bits per heavy atom. The average molecular weight is 388 g/mol. The van der Waals surface area contributed by atoms with Crippen molar-refractivity contribution in [3.05, 3.63) is 82.7 Å². The van der Waals surface area contributed by atoms with Crippen LogP contribution in [0.1, 0.15) is 32.9 Å². The molecule has 146 valence electrons. The maximum absolute atomic E-state index is 13.4. The minimum Gasteiger partial charge on any atom is -0.508 e. The van der Waals surface area contributed by atoms with Crippen LogP contribution in [0.2, 0.25) is 0 Å². The van der Waals surface area contributed by atoms with Gasteiger partial charge in [0.2, 0.25) is 0 Å². The Bertz CT molecular complexity index is 1020. The third-order valence-corrected chi connectivity index (χ3v) is 4.49. The van der Waals surface area contributed by atoms with E-state index < -0.39 is 17.6 Å². The molecular formula is C21H19F3N2O2. The number of carbonyl (C=O) groups is 1. The van der Waals surface area contributed by atoms with Crippen LogP contribution < -0.4 is 5.32 Å². The molecule has 0 aliphatic heterocycles. The van der Waals surface area contributed by atoms with Crippen molar-refractivity contribution >= 4 is 5.91 Å². The van der Waals surface area contributed by atoms with Gasteiger partial charge in [-0.25, -0.2) is 0 Å². The topological polar surface area (TPSA) is 54.3 Å². The summed E-state index contributed by atoms with van der Waals surface area (Å²) in [6, 6.07) is 13.3. The van der Waals surface area contributed by atoms with Crippen molar-refractivity contribution in [3.8, 4) is 11.4 Å². The molecule has 0 aliphatic carbocycles. The summed E-state index contributed by atoms with van der Waals surface area (Å²) in [7, 11) is 0. The van der Waals surface area contributed by atoms with Gasteiger partial charge in [-0.15, -0.1) is 0 Å². The van der Waals surface area contributed by atoms with Crippen molar-refractivity contribution in [2.75, 3.05) is 0 Å². The van der Waals surface area contributed by atoms with Crippen LogP contribution in [-0.4, -0.2) is 15.6 Å². The van der Waals surface area contributed by atoms with E-state index >= 15 is 0 Å². The number of aromatic hydroxyl groups is 1. The lowest BCUT2D eigenvalue weighted by Gasteiger charge is -2.16. The van der Waals surface area contributed by atoms with Crippen LogP contribution >= 0.6 is 0 Å². The molecule has 1 heterocycles. The van der Waals surface area contributed by atoms with Gasteiger partial charge in [-0.1, -0.05) is 24.3 Å². The summed E-state index contributed by atoms with van der Waals surface area (Å²) in [5, 5.41) is 12.2. The monoisotopic (exact) mass is 388 g/mol. The zero-order chi connectivity index (χ0) is 20.5. The second-order valence-corrected chi connectivity index (χ2v) is 6.49. The number of phenolic OH excluding ortho intramolecular Hbond substituents is 1. The van der Waals surface area contributed by atoms with Gasteiger partial charge in [-0.3, -0.25) is 4.79 Å². The minimum absolute atomic E-state index is 0.0166. The lowest BCUT2D eigenvalue weighted by atomic mass is 10.1. The summed E-state index contributed by atoms with van der Waals surface area (Å²) >= 11 is 0. The van der Waals surface area contributed by atoms with Crippen LogP contribution in [-0.2, 0) is 12.7 Å². The number of phenols is 1. The van der Waals surface area contributed by atoms with Crippen LogP contribution in [0.4, 0.5) is 13.2 Å². The summed E-state index contributed by atoms with van der Waals surface area (Å²) < 4.78 is 41.6. The molecule has 0 spiro atoms. The molecule has 1 aromatic heterocycles. The van der Waals surface area contributed by atoms with E-state index in [1.165, 1.54) is 34.9 Å². The smallest absolute Gasteiger partial charge is 0.418 e. The quantitative estimate of drug-likeness (QED) is 0.678. The second kappa shape index (κ2) is 7.42. The molecule has 0 bridgehead atoms. The fraction of sp³-hybridized carbons (Fsp3) is 0.190. The van der Waals surface area contributed by atoms with Gasteiger partial charge in [0.1, 0.15) is 5.75 Å². The summed E-state index contributed by atoms with van der Waals surface area (Å²) in [4.78, 5) is 12.6. The van der Waals surface area contributed by atoms with Gasteiger partial charge in [-0.2, -0.15) is 13.2 Å². The molecule has 1 amide bonds. The Balaban J connectivity index is 1.92. The molecule has 7 heteroatoms. The lowest BCUT2D eigenvalue weighted by Crippen LogP contribution is -2.23. The van der Waals surface area contributed by atoms with Gasteiger partial charge in [0.25, 0.3) is 5.91 Å². The fourth-order valence-corrected chi connectivity index (χ4v) is 3.22. The van der Waals surface area contributed by atoms with E-state index in [0.717, 1.165) is 6.07 Å². The molecule has 0 fully saturated rings. The Labute approximate surface area is 160 Å². The first kappa shape index (κ1) is 19.5. The lowest BCUT2D eigenvalue weighted by molar-refractivity contribution is -0.137. The molecule has 0 aliphatic rings. The molecule has 2 N–H and O–H groups in total. The Hall–Kier alpha value is -3.22. The number of hydrogen-bond acceptors (Lipinski definition) is 2. The molecule has 2 aromatic carbocycles. The van der Waals surface area contributed by atoms with Crippen molar-refractivity contribution < 1.29 is 23.1 Å². The number of amides is 1. The average Bonchev–Trinajstić information content (AvgIpc) is 2.93. The van der Waals surface area contributed by atoms with E-state index in [0.29, 0.717) is 22.5 Å². The summed E-state index contributed by atoms with van der Waals surface area (Å²) in [5.74, 6) is -0.305. The largest absolute Gasteiger partial charge is 0.508 e. The van der Waals surface area contributed by atoms with Crippen LogP contribution in [0.5, 0.6) is 5.75 Å². The van der Waals surface area contributed by atoms with Crippen LogP contribution in [0.3, 0.4) is 0 Å². The summed E-state index contributed by atoms with van der Waals surface area (Å²) in [6.07, 6.45) is -4.50. The maximum Gasteiger partial charge on any atom is 0.418 e. The molecule has 0 radical (unpaired) electrons. The van der Waals surface area contributed by atoms with Crippen molar-refractivity contribution in [3.63, 3.8) is 0 Å². The molecule has 0 saturated heterocycles. The standard InChI is InChI=1S/C21H19F3N2O2/c1-13-10-17(20(28)25-12-15-6-5-7-16(27)11-15)14(2)26(13)19-9-4-3-8-18(19)21(22,23)24/h3-11,27H,12H2,1-2H3,(H,25,28). The number of hydrogen-bond donors (Lipinski definition) is 2. The predicted octanol–water partition coefficient (Wildman–Crippen LogP) is 4.75. The molecule has 0 saturated carbocycles. The number of alkyl halides is 3. The molecule has 28 heavy (non-hydrogen) atoms. The van der Waals surface area contributed by atoms with E-state index in [-0.39, 0.29) is 18.0 Å². The Kier molecular flexibility index (Phi) is 5.18. The van der Waals surface area contributed by atoms with Gasteiger partial charge >= 0.3 is 6.18 Å². The summed E-state index contributed by atoms with van der Waals surface area (Å²) in [5.41, 5.74) is 1.18. The first-order valence-electron chi connectivity index (χ1n) is 8.60. The van der Waals surface area contributed by atoms with Crippen LogP contribution in [0.25, 0.3) is 5.69 Å². The highest BCUT2D eigenvalue weighted by atomic mass is 19.4. The molecule has 0 unspecified atom stereocenters. The third-order valence-electron chi connectivity index (χ3n) is 4.49. The zero-order valence-electron chi connectivity index (χ0n) is 15.3. The SMILES string of the molecule is Cc1cc(C(=O)NCc2cccc(O)c2)c(C)n1-c1ccccc1C(F)(F)F. The number of aromatic nitrogens is 1. The number of carbonyl (C=O) groups excluding carboxylic acids is 1. The van der Waals surface area contributed by atoms with Gasteiger partial charge in [0, 0.05) is 17.9 Å². The first-order chi connectivity index (χ1) is 13.2. The molecule has 0 atom stereocenters. The van der Waals surface area contributed by atoms with Crippen molar-refractivity contribution in [2.45, 2.75) is 26.6 Å². The van der Waals surface area contributed by atoms with Crippen LogP contribution in [0, 0.1) is 13.8 Å². The van der Waals surface area contributed by atoms with E-state index in [4.69, 9.17) is 0 Å². The maximum atomic E-state index is 13.4. The van der Waals surface area contributed by atoms with Crippen molar-refractivity contribution in [1.29, 1.82) is 0 Å². The normalized spacial score (nSPS) is 11.5. The highest BCUT2D eigenvalue weighted by molar-refractivity contribution is 5.95. The first-order valence-corrected chi connectivity index (χ1v) is 8.60. The number of para-hydroxylation sites is 1. The highest BCUT2D eigenvalue weighted by Gasteiger charge is 2.34. The molecule has 3 aromatic rings. The van der Waals surface area contributed by atoms with Gasteiger partial charge in [0.05, 0.1) is 16.8 Å². The number of halogens is 3. The third kappa shape index (κ3) is 3.88. The number of benzene rings is 2. The summed E-state index contributed by atoms with van der Waals surface area (Å²) in [6.45, 7) is 3.46. The number of rotatable bonds is 4. The molecule has 4 nitrogen and oxygen atoms in total. The van der Waals surface area contributed by atoms with Gasteiger partial charge in [0.15, 0.2) is 0 Å². The Morgan fingerprint density at radius 3 is 2.46 bits per heavy atom. The fourth-order valence-electron chi connectivity index (χ4n) is 3.22. The van der Waals surface area contributed by atoms with Gasteiger partial charge < -0.3 is 15.0 Å². The number of nitrogens with one attached hydrogen (secondary N) is 1. The molecule has 3 rings (SSSR count). The minimum atomic E-state index is -4.50. The van der Waals surface area contributed by atoms with E-state index in [1.807, 2.05) is 0 Å². The second-order valence-electron chi connectivity index (χ2n) is 6.49. The van der Waals surface area contributed by atoms with E-state index in [1.54, 1.807) is 32.0 Å². The number of nitrogens with zero attached hydrogens (tertiary/aromatic N) is 1.